The van der Waals surface area contributed by atoms with E-state index >= 15 is 0 Å². The molecule has 1 N–H and O–H groups in total. The first-order chi connectivity index (χ1) is 7.41. The molecular formula is C13H29ClN2O. The Morgan fingerprint density at radius 2 is 1.65 bits per heavy atom. The van der Waals surface area contributed by atoms with Crippen LogP contribution in [0.1, 0.15) is 54.4 Å². The van der Waals surface area contributed by atoms with E-state index in [0.29, 0.717) is 0 Å². The molecule has 1 atom stereocenters. The number of hydrogen-bond acceptors (Lipinski definition) is 2. The number of nitrogens with zero attached hydrogens (tertiary/aromatic N) is 1. The summed E-state index contributed by atoms with van der Waals surface area (Å²) in [5, 5.41) is 3.13. The van der Waals surface area contributed by atoms with Crippen molar-refractivity contribution in [3.05, 3.63) is 0 Å². The molecule has 0 rings (SSSR count). The highest BCUT2D eigenvalue weighted by molar-refractivity contribution is 5.85. The molecule has 3 nitrogen and oxygen atoms in total. The highest BCUT2D eigenvalue weighted by Crippen LogP contribution is 2.10. The standard InChI is InChI=1S/C13H28N2O.ClH/c1-7-11(15(9-3)10-4)12(16)14-13(5,6)8-2;/h11H,7-10H2,1-6H3,(H,14,16);1H. The van der Waals surface area contributed by atoms with E-state index in [-0.39, 0.29) is 29.9 Å². The SMILES string of the molecule is CCC(C(=O)NC(C)(C)CC)N(CC)CC.Cl. The average Bonchev–Trinajstić information content (AvgIpc) is 2.24. The molecule has 0 aromatic heterocycles. The quantitative estimate of drug-likeness (QED) is 0.767. The number of likely N-dealkylation sites (N-methyl/N-ethyl adjacent to an activating group) is 1. The van der Waals surface area contributed by atoms with Crippen LogP contribution in [0.3, 0.4) is 0 Å². The number of hydrogen-bond donors (Lipinski definition) is 1. The molecule has 0 heterocycles. The molecule has 17 heavy (non-hydrogen) atoms. The van der Waals surface area contributed by atoms with E-state index in [9.17, 15) is 4.79 Å². The summed E-state index contributed by atoms with van der Waals surface area (Å²) in [5.41, 5.74) is -0.0995. The molecule has 0 radical (unpaired) electrons. The van der Waals surface area contributed by atoms with Gasteiger partial charge in [-0.05, 0) is 39.8 Å². The molecule has 0 aliphatic heterocycles. The normalized spacial score (nSPS) is 13.1. The van der Waals surface area contributed by atoms with Crippen molar-refractivity contribution in [1.82, 2.24) is 10.2 Å². The smallest absolute Gasteiger partial charge is 0.237 e. The molecule has 0 aromatic rings. The second-order valence-electron chi connectivity index (χ2n) is 4.87. The van der Waals surface area contributed by atoms with Gasteiger partial charge in [0, 0.05) is 5.54 Å². The van der Waals surface area contributed by atoms with Crippen LogP contribution in [-0.4, -0.2) is 35.5 Å². The lowest BCUT2D eigenvalue weighted by Gasteiger charge is -2.32. The summed E-state index contributed by atoms with van der Waals surface area (Å²) in [6.45, 7) is 14.4. The van der Waals surface area contributed by atoms with Crippen molar-refractivity contribution in [3.8, 4) is 0 Å². The Balaban J connectivity index is 0. The maximum atomic E-state index is 12.2. The van der Waals surface area contributed by atoms with Crippen LogP contribution in [0.4, 0.5) is 0 Å². The number of amides is 1. The van der Waals surface area contributed by atoms with Crippen molar-refractivity contribution >= 4 is 18.3 Å². The molecule has 0 aliphatic carbocycles. The van der Waals surface area contributed by atoms with Crippen molar-refractivity contribution < 1.29 is 4.79 Å². The first kappa shape index (κ1) is 19.1. The zero-order valence-electron chi connectivity index (χ0n) is 12.2. The van der Waals surface area contributed by atoms with Gasteiger partial charge in [-0.3, -0.25) is 9.69 Å². The molecule has 1 amide bonds. The van der Waals surface area contributed by atoms with Crippen molar-refractivity contribution in [2.75, 3.05) is 13.1 Å². The summed E-state index contributed by atoms with van der Waals surface area (Å²) in [6, 6.07) is 0.0147. The van der Waals surface area contributed by atoms with Crippen LogP contribution in [0.2, 0.25) is 0 Å². The van der Waals surface area contributed by atoms with Gasteiger partial charge in [-0.25, -0.2) is 0 Å². The fourth-order valence-corrected chi connectivity index (χ4v) is 1.78. The van der Waals surface area contributed by atoms with Crippen molar-refractivity contribution in [2.24, 2.45) is 0 Å². The molecule has 0 saturated carbocycles. The molecule has 0 fully saturated rings. The summed E-state index contributed by atoms with van der Waals surface area (Å²) >= 11 is 0. The first-order valence-electron chi connectivity index (χ1n) is 6.47. The van der Waals surface area contributed by atoms with Gasteiger partial charge >= 0.3 is 0 Å². The molecule has 0 aliphatic rings. The third-order valence-corrected chi connectivity index (χ3v) is 3.29. The predicted molar refractivity (Wildman–Crippen MR) is 76.8 cm³/mol. The Morgan fingerprint density at radius 3 is 1.94 bits per heavy atom. The third kappa shape index (κ3) is 6.27. The van der Waals surface area contributed by atoms with E-state index in [4.69, 9.17) is 0 Å². The molecule has 0 aromatic carbocycles. The van der Waals surface area contributed by atoms with Gasteiger partial charge in [-0.1, -0.05) is 27.7 Å². The number of halogens is 1. The van der Waals surface area contributed by atoms with Crippen molar-refractivity contribution in [1.29, 1.82) is 0 Å². The molecule has 1 unspecified atom stereocenters. The molecular weight excluding hydrogens is 236 g/mol. The third-order valence-electron chi connectivity index (χ3n) is 3.29. The lowest BCUT2D eigenvalue weighted by molar-refractivity contribution is -0.128. The van der Waals surface area contributed by atoms with Crippen molar-refractivity contribution in [3.63, 3.8) is 0 Å². The molecule has 0 saturated heterocycles. The summed E-state index contributed by atoms with van der Waals surface area (Å²) in [7, 11) is 0. The maximum Gasteiger partial charge on any atom is 0.237 e. The minimum absolute atomic E-state index is 0. The van der Waals surface area contributed by atoms with Crippen LogP contribution in [0.15, 0.2) is 0 Å². The Morgan fingerprint density at radius 1 is 1.18 bits per heavy atom. The summed E-state index contributed by atoms with van der Waals surface area (Å²) < 4.78 is 0. The van der Waals surface area contributed by atoms with Gasteiger partial charge in [0.25, 0.3) is 0 Å². The van der Waals surface area contributed by atoms with E-state index in [2.05, 4.69) is 51.8 Å². The summed E-state index contributed by atoms with van der Waals surface area (Å²) in [4.78, 5) is 14.4. The lowest BCUT2D eigenvalue weighted by atomic mass is 10.0. The number of rotatable bonds is 7. The average molecular weight is 265 g/mol. The second-order valence-corrected chi connectivity index (χ2v) is 4.87. The second kappa shape index (κ2) is 8.76. The van der Waals surface area contributed by atoms with Crippen LogP contribution in [-0.2, 0) is 4.79 Å². The predicted octanol–water partition coefficient (Wildman–Crippen LogP) is 2.83. The number of nitrogens with one attached hydrogen (secondary N) is 1. The highest BCUT2D eigenvalue weighted by atomic mass is 35.5. The van der Waals surface area contributed by atoms with Gasteiger partial charge in [0.2, 0.25) is 5.91 Å². The lowest BCUT2D eigenvalue weighted by Crippen LogP contribution is -2.52. The van der Waals surface area contributed by atoms with Gasteiger partial charge in [-0.15, -0.1) is 12.4 Å². The van der Waals surface area contributed by atoms with Gasteiger partial charge in [0.15, 0.2) is 0 Å². The van der Waals surface area contributed by atoms with Gasteiger partial charge in [0.05, 0.1) is 6.04 Å². The van der Waals surface area contributed by atoms with Gasteiger partial charge in [-0.2, -0.15) is 0 Å². The number of carbonyl (C=O) groups excluding carboxylic acids is 1. The van der Waals surface area contributed by atoms with E-state index in [1.54, 1.807) is 0 Å². The van der Waals surface area contributed by atoms with Crippen molar-refractivity contribution in [2.45, 2.75) is 66.0 Å². The minimum Gasteiger partial charge on any atom is -0.350 e. The topological polar surface area (TPSA) is 32.3 Å². The van der Waals surface area contributed by atoms with E-state index in [1.807, 2.05) is 0 Å². The van der Waals surface area contributed by atoms with Gasteiger partial charge in [0.1, 0.15) is 0 Å². The van der Waals surface area contributed by atoms with Crippen LogP contribution in [0, 0.1) is 0 Å². The molecule has 104 valence electrons. The van der Waals surface area contributed by atoms with Crippen LogP contribution >= 0.6 is 12.4 Å². The fraction of sp³-hybridized carbons (Fsp3) is 0.923. The Bertz CT molecular complexity index is 215. The van der Waals surface area contributed by atoms with E-state index in [0.717, 1.165) is 25.9 Å². The molecule has 0 bridgehead atoms. The summed E-state index contributed by atoms with van der Waals surface area (Å²) in [5.74, 6) is 0.165. The zero-order valence-corrected chi connectivity index (χ0v) is 13.0. The Kier molecular flexibility index (Phi) is 9.82. The molecule has 4 heteroatoms. The van der Waals surface area contributed by atoms with Crippen LogP contribution in [0.25, 0.3) is 0 Å². The highest BCUT2D eigenvalue weighted by Gasteiger charge is 2.26. The minimum atomic E-state index is -0.0995. The van der Waals surface area contributed by atoms with E-state index < -0.39 is 0 Å². The summed E-state index contributed by atoms with van der Waals surface area (Å²) in [6.07, 6.45) is 1.82. The first-order valence-corrected chi connectivity index (χ1v) is 6.47. The maximum absolute atomic E-state index is 12.2. The Labute approximate surface area is 113 Å². The monoisotopic (exact) mass is 264 g/mol. The number of carbonyl (C=O) groups is 1. The molecule has 0 spiro atoms. The van der Waals surface area contributed by atoms with Gasteiger partial charge < -0.3 is 5.32 Å². The largest absolute Gasteiger partial charge is 0.350 e. The Hall–Kier alpha value is -0.280. The fourth-order valence-electron chi connectivity index (χ4n) is 1.78. The van der Waals surface area contributed by atoms with Crippen LogP contribution < -0.4 is 5.32 Å². The zero-order chi connectivity index (χ0) is 12.8. The van der Waals surface area contributed by atoms with Crippen LogP contribution in [0.5, 0.6) is 0 Å². The van der Waals surface area contributed by atoms with E-state index in [1.165, 1.54) is 0 Å².